The summed E-state index contributed by atoms with van der Waals surface area (Å²) in [7, 11) is -2.96. The lowest BCUT2D eigenvalue weighted by Crippen LogP contribution is -2.42. The number of nitrogens with one attached hydrogen (secondary N) is 1. The van der Waals surface area contributed by atoms with Gasteiger partial charge in [0, 0.05) is 6.42 Å². The molecule has 1 saturated heterocycles. The number of carbonyl (C=O) groups is 1. The van der Waals surface area contributed by atoms with Gasteiger partial charge in [0.2, 0.25) is 5.91 Å². The van der Waals surface area contributed by atoms with E-state index in [0.29, 0.717) is 13.0 Å². The summed E-state index contributed by atoms with van der Waals surface area (Å²) in [5, 5.41) is 1.81. The summed E-state index contributed by atoms with van der Waals surface area (Å²) in [4.78, 5) is 12.4. The number of amides is 1. The van der Waals surface area contributed by atoms with Crippen molar-refractivity contribution >= 4 is 21.4 Å². The number of carbonyl (C=O) groups excluding carboxylic acids is 1. The third kappa shape index (κ3) is 5.06. The molecule has 0 radical (unpaired) electrons. The van der Waals surface area contributed by atoms with E-state index in [2.05, 4.69) is 5.43 Å². The summed E-state index contributed by atoms with van der Waals surface area (Å²) in [5.74, 6) is 0.0724. The Bertz CT molecular complexity index is 807. The summed E-state index contributed by atoms with van der Waals surface area (Å²) < 4.78 is 23.1. The first-order valence-corrected chi connectivity index (χ1v) is 10.2. The third-order valence-electron chi connectivity index (χ3n) is 4.31. The highest BCUT2D eigenvalue weighted by Gasteiger charge is 2.29. The first kappa shape index (κ1) is 17.5. The molecule has 132 valence electrons. The van der Waals surface area contributed by atoms with Crippen molar-refractivity contribution in [3.8, 4) is 0 Å². The second-order valence-corrected chi connectivity index (χ2v) is 8.64. The molecule has 0 saturated carbocycles. The van der Waals surface area contributed by atoms with E-state index in [1.165, 1.54) is 0 Å². The van der Waals surface area contributed by atoms with Crippen molar-refractivity contribution in [2.24, 2.45) is 5.92 Å². The van der Waals surface area contributed by atoms with Gasteiger partial charge >= 0.3 is 0 Å². The highest BCUT2D eigenvalue weighted by Crippen LogP contribution is 2.22. The van der Waals surface area contributed by atoms with E-state index in [9.17, 15) is 13.2 Å². The van der Waals surface area contributed by atoms with Gasteiger partial charge in [-0.25, -0.2) is 8.42 Å². The van der Waals surface area contributed by atoms with Crippen LogP contribution in [-0.2, 0) is 21.2 Å². The minimum atomic E-state index is -2.96. The van der Waals surface area contributed by atoms with Crippen molar-refractivity contribution in [3.05, 3.63) is 66.2 Å². The maximum Gasteiger partial charge on any atom is 0.238 e. The maximum absolute atomic E-state index is 12.4. The Morgan fingerprint density at radius 1 is 1.04 bits per heavy atom. The van der Waals surface area contributed by atoms with Crippen molar-refractivity contribution in [3.63, 3.8) is 0 Å². The van der Waals surface area contributed by atoms with Gasteiger partial charge < -0.3 is 0 Å². The molecule has 2 aromatic rings. The van der Waals surface area contributed by atoms with Crippen molar-refractivity contribution in [2.45, 2.75) is 19.4 Å². The Labute approximate surface area is 148 Å². The molecule has 0 aromatic heterocycles. The molecule has 1 amide bonds. The highest BCUT2D eigenvalue weighted by atomic mass is 32.2. The quantitative estimate of drug-likeness (QED) is 0.806. The fraction of sp³-hybridized carbons (Fsp3) is 0.316. The van der Waals surface area contributed by atoms with Crippen molar-refractivity contribution in [1.82, 2.24) is 5.43 Å². The van der Waals surface area contributed by atoms with Gasteiger partial charge in [-0.1, -0.05) is 48.5 Å². The van der Waals surface area contributed by atoms with E-state index >= 15 is 0 Å². The van der Waals surface area contributed by atoms with Crippen LogP contribution < -0.4 is 10.4 Å². The van der Waals surface area contributed by atoms with E-state index < -0.39 is 9.84 Å². The Balaban J connectivity index is 1.68. The van der Waals surface area contributed by atoms with Crippen LogP contribution in [0.3, 0.4) is 0 Å². The van der Waals surface area contributed by atoms with E-state index in [1.807, 2.05) is 60.7 Å². The summed E-state index contributed by atoms with van der Waals surface area (Å²) in [5.41, 5.74) is 4.90. The number of sulfone groups is 1. The number of hydrogen-bond donors (Lipinski definition) is 1. The van der Waals surface area contributed by atoms with Crippen LogP contribution in [0.5, 0.6) is 0 Å². The van der Waals surface area contributed by atoms with Crippen LogP contribution in [0, 0.1) is 5.92 Å². The molecule has 5 nitrogen and oxygen atoms in total. The summed E-state index contributed by atoms with van der Waals surface area (Å²) in [6.07, 6.45) is 0.803. The van der Waals surface area contributed by atoms with Crippen molar-refractivity contribution in [1.29, 1.82) is 0 Å². The lowest BCUT2D eigenvalue weighted by Gasteiger charge is -2.26. The van der Waals surface area contributed by atoms with Gasteiger partial charge in [-0.15, -0.1) is 0 Å². The Hall–Kier alpha value is -2.34. The molecule has 6 heteroatoms. The molecule has 0 bridgehead atoms. The highest BCUT2D eigenvalue weighted by molar-refractivity contribution is 7.91. The van der Waals surface area contributed by atoms with E-state index in [1.54, 1.807) is 5.01 Å². The minimum absolute atomic E-state index is 0.0839. The minimum Gasteiger partial charge on any atom is -0.281 e. The monoisotopic (exact) mass is 358 g/mol. The fourth-order valence-corrected chi connectivity index (χ4v) is 4.92. The predicted molar refractivity (Wildman–Crippen MR) is 98.6 cm³/mol. The second-order valence-electron chi connectivity index (χ2n) is 6.42. The Kier molecular flexibility index (Phi) is 5.38. The molecule has 0 spiro atoms. The summed E-state index contributed by atoms with van der Waals surface area (Å²) in [6, 6.07) is 19.5. The van der Waals surface area contributed by atoms with Gasteiger partial charge in [-0.3, -0.25) is 15.2 Å². The van der Waals surface area contributed by atoms with E-state index in [0.717, 1.165) is 11.3 Å². The lowest BCUT2D eigenvalue weighted by atomic mass is 10.1. The zero-order chi connectivity index (χ0) is 17.7. The SMILES string of the molecule is O=C(CC1CCS(=O)(=O)C1)NN(Cc1ccccc1)c1ccccc1. The molecule has 1 fully saturated rings. The normalized spacial score (nSPS) is 18.6. The molecular formula is C19H22N2O3S. The van der Waals surface area contributed by atoms with Crippen LogP contribution in [0.2, 0.25) is 0 Å². The third-order valence-corrected chi connectivity index (χ3v) is 6.15. The van der Waals surface area contributed by atoms with Crippen LogP contribution in [0.25, 0.3) is 0 Å². The molecule has 1 aliphatic heterocycles. The number of benzene rings is 2. The van der Waals surface area contributed by atoms with Gasteiger partial charge in [0.25, 0.3) is 0 Å². The van der Waals surface area contributed by atoms with Gasteiger partial charge in [-0.2, -0.15) is 0 Å². The number of para-hydroxylation sites is 1. The molecular weight excluding hydrogens is 336 g/mol. The van der Waals surface area contributed by atoms with Crippen molar-refractivity contribution < 1.29 is 13.2 Å². The lowest BCUT2D eigenvalue weighted by molar-refractivity contribution is -0.122. The zero-order valence-electron chi connectivity index (χ0n) is 14.0. The van der Waals surface area contributed by atoms with E-state index in [4.69, 9.17) is 0 Å². The number of hydrogen-bond acceptors (Lipinski definition) is 4. The Morgan fingerprint density at radius 3 is 2.28 bits per heavy atom. The first-order valence-electron chi connectivity index (χ1n) is 8.38. The number of rotatable bonds is 6. The molecule has 1 atom stereocenters. The Morgan fingerprint density at radius 2 is 1.68 bits per heavy atom. The molecule has 1 unspecified atom stereocenters. The second kappa shape index (κ2) is 7.70. The molecule has 25 heavy (non-hydrogen) atoms. The molecule has 1 heterocycles. The van der Waals surface area contributed by atoms with Crippen LogP contribution >= 0.6 is 0 Å². The largest absolute Gasteiger partial charge is 0.281 e. The van der Waals surface area contributed by atoms with Crippen LogP contribution in [0.15, 0.2) is 60.7 Å². The van der Waals surface area contributed by atoms with Crippen LogP contribution in [0.1, 0.15) is 18.4 Å². The first-order chi connectivity index (χ1) is 12.0. The summed E-state index contributed by atoms with van der Waals surface area (Å²) >= 11 is 0. The summed E-state index contributed by atoms with van der Waals surface area (Å²) in [6.45, 7) is 0.541. The van der Waals surface area contributed by atoms with E-state index in [-0.39, 0.29) is 29.8 Å². The molecule has 0 aliphatic carbocycles. The van der Waals surface area contributed by atoms with Crippen LogP contribution in [0.4, 0.5) is 5.69 Å². The number of anilines is 1. The zero-order valence-corrected chi connectivity index (χ0v) is 14.8. The smallest absolute Gasteiger partial charge is 0.238 e. The number of hydrazine groups is 1. The topological polar surface area (TPSA) is 66.5 Å². The van der Waals surface area contributed by atoms with Gasteiger partial charge in [-0.05, 0) is 30.0 Å². The predicted octanol–water partition coefficient (Wildman–Crippen LogP) is 2.55. The average Bonchev–Trinajstić information content (AvgIpc) is 2.94. The van der Waals surface area contributed by atoms with Crippen LogP contribution in [-0.4, -0.2) is 25.8 Å². The van der Waals surface area contributed by atoms with Gasteiger partial charge in [0.15, 0.2) is 9.84 Å². The van der Waals surface area contributed by atoms with Gasteiger partial charge in [0.05, 0.1) is 23.7 Å². The van der Waals surface area contributed by atoms with Crippen molar-refractivity contribution in [2.75, 3.05) is 16.5 Å². The fourth-order valence-electron chi connectivity index (χ4n) is 3.06. The van der Waals surface area contributed by atoms with Gasteiger partial charge in [0.1, 0.15) is 0 Å². The number of nitrogens with zero attached hydrogens (tertiary/aromatic N) is 1. The molecule has 1 aliphatic rings. The average molecular weight is 358 g/mol. The molecule has 3 rings (SSSR count). The standard InChI is InChI=1S/C19H22N2O3S/c22-19(13-17-11-12-25(23,24)15-17)20-21(18-9-5-2-6-10-18)14-16-7-3-1-4-8-16/h1-10,17H,11-15H2,(H,20,22). The maximum atomic E-state index is 12.4. The molecule has 1 N–H and O–H groups in total. The molecule has 2 aromatic carbocycles.